The topological polar surface area (TPSA) is 74.5 Å². The fraction of sp³-hybridized carbons (Fsp3) is 0.312. The number of nitrogens with one attached hydrogen (secondary N) is 2. The third-order valence-corrected chi connectivity index (χ3v) is 3.39. The van der Waals surface area contributed by atoms with Crippen LogP contribution in [-0.2, 0) is 6.54 Å². The van der Waals surface area contributed by atoms with Crippen molar-refractivity contribution in [2.45, 2.75) is 27.3 Å². The molecule has 1 aromatic heterocycles. The predicted octanol–water partition coefficient (Wildman–Crippen LogP) is 3.15. The fourth-order valence-corrected chi connectivity index (χ4v) is 2.07. The molecular weight excluding hydrogens is 314 g/mol. The van der Waals surface area contributed by atoms with Crippen molar-refractivity contribution in [1.82, 2.24) is 9.78 Å². The van der Waals surface area contributed by atoms with Crippen LogP contribution in [0.25, 0.3) is 0 Å². The molecule has 2 rings (SSSR count). The number of hydrogen-bond donors (Lipinski definition) is 2. The molecule has 2 aromatic rings. The third-order valence-electron chi connectivity index (χ3n) is 3.14. The molecule has 6 nitrogen and oxygen atoms in total. The third kappa shape index (κ3) is 4.82. The van der Waals surface area contributed by atoms with Crippen molar-refractivity contribution in [3.63, 3.8) is 0 Å². The molecule has 0 saturated heterocycles. The van der Waals surface area contributed by atoms with Crippen LogP contribution in [0.3, 0.4) is 0 Å². The number of anilines is 1. The SMILES string of the molecule is CC(C)=NN=C(C)c1c[nH]n(CCNc2ccc(Cl)cc2)c1=O. The monoisotopic (exact) mass is 333 g/mol. The van der Waals surface area contributed by atoms with E-state index in [-0.39, 0.29) is 5.56 Å². The van der Waals surface area contributed by atoms with E-state index in [1.807, 2.05) is 38.1 Å². The van der Waals surface area contributed by atoms with Crippen LogP contribution in [0, 0.1) is 0 Å². The van der Waals surface area contributed by atoms with Crippen molar-refractivity contribution in [2.75, 3.05) is 11.9 Å². The maximum Gasteiger partial charge on any atom is 0.275 e. The Morgan fingerprint density at radius 3 is 2.57 bits per heavy atom. The molecule has 23 heavy (non-hydrogen) atoms. The number of nitrogens with zero attached hydrogens (tertiary/aromatic N) is 3. The van der Waals surface area contributed by atoms with Crippen molar-refractivity contribution in [1.29, 1.82) is 0 Å². The molecule has 7 heteroatoms. The van der Waals surface area contributed by atoms with E-state index in [2.05, 4.69) is 20.6 Å². The average molecular weight is 334 g/mol. The summed E-state index contributed by atoms with van der Waals surface area (Å²) in [5, 5.41) is 14.9. The lowest BCUT2D eigenvalue weighted by atomic mass is 10.2. The summed E-state index contributed by atoms with van der Waals surface area (Å²) in [5.41, 5.74) is 2.82. The first kappa shape index (κ1) is 17.0. The van der Waals surface area contributed by atoms with E-state index in [1.165, 1.54) is 0 Å². The smallest absolute Gasteiger partial charge is 0.275 e. The first-order chi connectivity index (χ1) is 11.0. The molecule has 1 heterocycles. The Morgan fingerprint density at radius 2 is 1.91 bits per heavy atom. The van der Waals surface area contributed by atoms with Gasteiger partial charge in [-0.25, -0.2) is 0 Å². The van der Waals surface area contributed by atoms with Gasteiger partial charge in [0, 0.05) is 29.2 Å². The Bertz CT molecular complexity index is 767. The van der Waals surface area contributed by atoms with Gasteiger partial charge in [0.25, 0.3) is 5.56 Å². The summed E-state index contributed by atoms with van der Waals surface area (Å²) in [7, 11) is 0. The number of halogens is 1. The van der Waals surface area contributed by atoms with Crippen molar-refractivity contribution in [3.05, 3.63) is 51.4 Å². The van der Waals surface area contributed by atoms with E-state index in [0.29, 0.717) is 29.4 Å². The summed E-state index contributed by atoms with van der Waals surface area (Å²) in [6.45, 7) is 6.62. The van der Waals surface area contributed by atoms with Crippen LogP contribution in [0.1, 0.15) is 26.3 Å². The molecule has 2 N–H and O–H groups in total. The molecule has 0 fully saturated rings. The van der Waals surface area contributed by atoms with Gasteiger partial charge in [0.15, 0.2) is 0 Å². The molecule has 0 unspecified atom stereocenters. The molecule has 0 amide bonds. The predicted molar refractivity (Wildman–Crippen MR) is 96.0 cm³/mol. The van der Waals surface area contributed by atoms with Crippen molar-refractivity contribution >= 4 is 28.7 Å². The minimum Gasteiger partial charge on any atom is -0.383 e. The Morgan fingerprint density at radius 1 is 1.22 bits per heavy atom. The molecule has 0 atom stereocenters. The first-order valence-electron chi connectivity index (χ1n) is 7.31. The fourth-order valence-electron chi connectivity index (χ4n) is 1.94. The first-order valence-corrected chi connectivity index (χ1v) is 7.68. The number of rotatable bonds is 6. The van der Waals surface area contributed by atoms with Crippen molar-refractivity contribution in [2.24, 2.45) is 10.2 Å². The van der Waals surface area contributed by atoms with Crippen LogP contribution in [0.15, 0.2) is 45.5 Å². The zero-order chi connectivity index (χ0) is 16.8. The summed E-state index contributed by atoms with van der Waals surface area (Å²) in [4.78, 5) is 12.3. The molecular formula is C16H20ClN5O. The van der Waals surface area contributed by atoms with Crippen molar-refractivity contribution in [3.8, 4) is 0 Å². The summed E-state index contributed by atoms with van der Waals surface area (Å²) < 4.78 is 1.54. The number of H-pyrrole nitrogens is 1. The summed E-state index contributed by atoms with van der Waals surface area (Å²) in [5.74, 6) is 0. The minimum absolute atomic E-state index is 0.104. The van der Waals surface area contributed by atoms with Crippen LogP contribution in [0.4, 0.5) is 5.69 Å². The molecule has 0 aliphatic rings. The second-order valence-corrected chi connectivity index (χ2v) is 5.75. The van der Waals surface area contributed by atoms with E-state index >= 15 is 0 Å². The molecule has 122 valence electrons. The molecule has 0 radical (unpaired) electrons. The lowest BCUT2D eigenvalue weighted by Crippen LogP contribution is -2.24. The zero-order valence-electron chi connectivity index (χ0n) is 13.4. The van der Waals surface area contributed by atoms with Gasteiger partial charge in [0.2, 0.25) is 0 Å². The second-order valence-electron chi connectivity index (χ2n) is 5.31. The highest BCUT2D eigenvalue weighted by Gasteiger charge is 2.08. The summed E-state index contributed by atoms with van der Waals surface area (Å²) >= 11 is 5.84. The molecule has 0 aliphatic heterocycles. The summed E-state index contributed by atoms with van der Waals surface area (Å²) in [6, 6.07) is 7.43. The largest absolute Gasteiger partial charge is 0.383 e. The molecule has 0 spiro atoms. The van der Waals surface area contributed by atoms with Gasteiger partial charge in [-0.05, 0) is 45.0 Å². The van der Waals surface area contributed by atoms with Crippen molar-refractivity contribution < 1.29 is 0 Å². The minimum atomic E-state index is -0.104. The van der Waals surface area contributed by atoms with Crippen LogP contribution in [-0.4, -0.2) is 27.7 Å². The van der Waals surface area contributed by atoms with Gasteiger partial charge in [0.05, 0.1) is 17.8 Å². The van der Waals surface area contributed by atoms with Gasteiger partial charge in [0.1, 0.15) is 0 Å². The Hall–Kier alpha value is -2.34. The Labute approximate surface area is 139 Å². The Kier molecular flexibility index (Phi) is 5.76. The van der Waals surface area contributed by atoms with E-state index in [9.17, 15) is 4.79 Å². The number of benzene rings is 1. The number of hydrogen-bond acceptors (Lipinski definition) is 4. The molecule has 1 aromatic carbocycles. The van der Waals surface area contributed by atoms with Gasteiger partial charge in [-0.15, -0.1) is 0 Å². The van der Waals surface area contributed by atoms with Crippen LogP contribution >= 0.6 is 11.6 Å². The zero-order valence-corrected chi connectivity index (χ0v) is 14.2. The Balaban J connectivity index is 1.99. The lowest BCUT2D eigenvalue weighted by Gasteiger charge is -2.06. The van der Waals surface area contributed by atoms with Gasteiger partial charge >= 0.3 is 0 Å². The van der Waals surface area contributed by atoms with Gasteiger partial charge in [-0.2, -0.15) is 10.2 Å². The maximum atomic E-state index is 12.3. The highest BCUT2D eigenvalue weighted by Crippen LogP contribution is 2.12. The number of aromatic amines is 1. The van der Waals surface area contributed by atoms with Gasteiger partial charge < -0.3 is 10.4 Å². The standard InChI is InChI=1S/C16H20ClN5O/c1-11(2)20-21-12(3)15-10-19-22(16(15)23)9-8-18-14-6-4-13(17)5-7-14/h4-7,10,18-19H,8-9H2,1-3H3. The molecule has 0 bridgehead atoms. The van der Waals surface area contributed by atoms with Crippen LogP contribution < -0.4 is 10.9 Å². The van der Waals surface area contributed by atoms with Crippen LogP contribution in [0.5, 0.6) is 0 Å². The summed E-state index contributed by atoms with van der Waals surface area (Å²) in [6.07, 6.45) is 1.66. The second kappa shape index (κ2) is 7.78. The normalized spacial score (nSPS) is 11.4. The van der Waals surface area contributed by atoms with E-state index < -0.39 is 0 Å². The molecule has 0 saturated carbocycles. The van der Waals surface area contributed by atoms with Gasteiger partial charge in [-0.3, -0.25) is 9.48 Å². The highest BCUT2D eigenvalue weighted by molar-refractivity contribution is 6.30. The maximum absolute atomic E-state index is 12.3. The van der Waals surface area contributed by atoms with E-state index in [1.54, 1.807) is 17.8 Å². The van der Waals surface area contributed by atoms with E-state index in [0.717, 1.165) is 11.4 Å². The van der Waals surface area contributed by atoms with Gasteiger partial charge in [-0.1, -0.05) is 11.6 Å². The average Bonchev–Trinajstić information content (AvgIpc) is 2.88. The van der Waals surface area contributed by atoms with E-state index in [4.69, 9.17) is 11.6 Å². The lowest BCUT2D eigenvalue weighted by molar-refractivity contribution is 0.618. The highest BCUT2D eigenvalue weighted by atomic mass is 35.5. The molecule has 0 aliphatic carbocycles. The quantitative estimate of drug-likeness (QED) is 0.629. The number of aromatic nitrogens is 2. The van der Waals surface area contributed by atoms with Crippen LogP contribution in [0.2, 0.25) is 5.02 Å².